The number of hydrogen-bond acceptors (Lipinski definition) is 10. The number of anilines is 1. The van der Waals surface area contributed by atoms with Crippen LogP contribution < -0.4 is 10.1 Å². The molecule has 0 radical (unpaired) electrons. The number of amides is 1. The number of aromatic nitrogens is 3. The standard InChI is InChI=1S/C22H24N4O6S2/c1-12-16(20(28)30-4)19(34-17(12)21(29)31-5)23-15(27)11-33-22-25-24-18(26(22)3)13(2)32-14-9-7-6-8-10-14/h6-10,13H,11H2,1-5H3,(H,23,27). The van der Waals surface area contributed by atoms with Crippen LogP contribution in [0.2, 0.25) is 0 Å². The molecule has 0 saturated heterocycles. The largest absolute Gasteiger partial charge is 0.483 e. The minimum atomic E-state index is -0.655. The van der Waals surface area contributed by atoms with Gasteiger partial charge in [0.05, 0.1) is 25.5 Å². The Morgan fingerprint density at radius 3 is 2.44 bits per heavy atom. The van der Waals surface area contributed by atoms with Gasteiger partial charge in [0.2, 0.25) is 5.91 Å². The van der Waals surface area contributed by atoms with Crippen molar-refractivity contribution in [3.63, 3.8) is 0 Å². The van der Waals surface area contributed by atoms with E-state index in [2.05, 4.69) is 15.5 Å². The normalized spacial score (nSPS) is 11.6. The fraction of sp³-hybridized carbons (Fsp3) is 0.318. The summed E-state index contributed by atoms with van der Waals surface area (Å²) in [7, 11) is 4.27. The number of ether oxygens (including phenoxy) is 3. The Labute approximate surface area is 204 Å². The first-order chi connectivity index (χ1) is 16.3. The zero-order valence-electron chi connectivity index (χ0n) is 19.3. The number of para-hydroxylation sites is 1. The molecule has 1 aromatic carbocycles. The number of rotatable bonds is 9. The van der Waals surface area contributed by atoms with Crippen molar-refractivity contribution >= 4 is 45.9 Å². The molecular formula is C22H24N4O6S2. The number of thiophene rings is 1. The van der Waals surface area contributed by atoms with E-state index in [9.17, 15) is 14.4 Å². The molecule has 1 atom stereocenters. The van der Waals surface area contributed by atoms with E-state index in [1.54, 1.807) is 18.5 Å². The molecule has 2 aromatic heterocycles. The Bertz CT molecular complexity index is 1190. The predicted molar refractivity (Wildman–Crippen MR) is 128 cm³/mol. The molecule has 0 bridgehead atoms. The van der Waals surface area contributed by atoms with Crippen LogP contribution in [0.4, 0.5) is 5.00 Å². The first-order valence-electron chi connectivity index (χ1n) is 10.1. The van der Waals surface area contributed by atoms with Crippen molar-refractivity contribution in [3.8, 4) is 5.75 Å². The van der Waals surface area contributed by atoms with Crippen molar-refractivity contribution in [2.45, 2.75) is 25.1 Å². The van der Waals surface area contributed by atoms with Gasteiger partial charge in [0.1, 0.15) is 15.6 Å². The number of methoxy groups -OCH3 is 2. The summed E-state index contributed by atoms with van der Waals surface area (Å²) >= 11 is 2.14. The fourth-order valence-electron chi connectivity index (χ4n) is 3.09. The van der Waals surface area contributed by atoms with Crippen molar-refractivity contribution in [3.05, 3.63) is 52.2 Å². The molecule has 1 unspecified atom stereocenters. The monoisotopic (exact) mass is 504 g/mol. The number of nitrogens with one attached hydrogen (secondary N) is 1. The molecule has 1 amide bonds. The lowest BCUT2D eigenvalue weighted by molar-refractivity contribution is -0.113. The molecule has 0 aliphatic carbocycles. The van der Waals surface area contributed by atoms with Gasteiger partial charge >= 0.3 is 11.9 Å². The molecule has 0 aliphatic heterocycles. The third-order valence-corrected chi connectivity index (χ3v) is 6.99. The van der Waals surface area contributed by atoms with Gasteiger partial charge in [-0.25, -0.2) is 9.59 Å². The van der Waals surface area contributed by atoms with E-state index in [-0.39, 0.29) is 33.2 Å². The SMILES string of the molecule is COC(=O)c1sc(NC(=O)CSc2nnc(C(C)Oc3ccccc3)n2C)c(C(=O)OC)c1C. The molecule has 3 aromatic rings. The van der Waals surface area contributed by atoms with Gasteiger partial charge in [0, 0.05) is 7.05 Å². The van der Waals surface area contributed by atoms with Gasteiger partial charge in [-0.3, -0.25) is 4.79 Å². The second-order valence-corrected chi connectivity index (χ2v) is 9.02. The lowest BCUT2D eigenvalue weighted by atomic mass is 10.1. The minimum absolute atomic E-state index is 0.00497. The molecular weight excluding hydrogens is 480 g/mol. The second-order valence-electron chi connectivity index (χ2n) is 7.05. The van der Waals surface area contributed by atoms with Gasteiger partial charge in [0.25, 0.3) is 0 Å². The van der Waals surface area contributed by atoms with Crippen molar-refractivity contribution < 1.29 is 28.6 Å². The smallest absolute Gasteiger partial charge is 0.348 e. The van der Waals surface area contributed by atoms with Gasteiger partial charge < -0.3 is 24.1 Å². The van der Waals surface area contributed by atoms with Gasteiger partial charge in [0.15, 0.2) is 17.1 Å². The summed E-state index contributed by atoms with van der Waals surface area (Å²) in [6.07, 6.45) is -0.350. The highest BCUT2D eigenvalue weighted by molar-refractivity contribution is 7.99. The van der Waals surface area contributed by atoms with Crippen LogP contribution in [-0.2, 0) is 21.3 Å². The molecule has 2 heterocycles. The van der Waals surface area contributed by atoms with Crippen molar-refractivity contribution in [2.24, 2.45) is 7.05 Å². The lowest BCUT2D eigenvalue weighted by Gasteiger charge is -2.14. The maximum Gasteiger partial charge on any atom is 0.348 e. The Hall–Kier alpha value is -3.38. The molecule has 0 saturated carbocycles. The van der Waals surface area contributed by atoms with Crippen LogP contribution in [0.15, 0.2) is 35.5 Å². The van der Waals surface area contributed by atoms with E-state index in [0.29, 0.717) is 22.3 Å². The number of esters is 2. The zero-order chi connectivity index (χ0) is 24.8. The first-order valence-corrected chi connectivity index (χ1v) is 11.9. The summed E-state index contributed by atoms with van der Waals surface area (Å²) in [5.74, 6) is -0.309. The maximum atomic E-state index is 12.6. The quantitative estimate of drug-likeness (QED) is 0.344. The van der Waals surface area contributed by atoms with Crippen LogP contribution in [0.5, 0.6) is 5.75 Å². The number of thioether (sulfide) groups is 1. The molecule has 0 aliphatic rings. The summed E-state index contributed by atoms with van der Waals surface area (Å²) in [4.78, 5) is 37.1. The summed E-state index contributed by atoms with van der Waals surface area (Å²) in [5.41, 5.74) is 0.510. The van der Waals surface area contributed by atoms with Crippen LogP contribution >= 0.6 is 23.1 Å². The molecule has 10 nitrogen and oxygen atoms in total. The average Bonchev–Trinajstić information content (AvgIpc) is 3.36. The first kappa shape index (κ1) is 25.2. The van der Waals surface area contributed by atoms with E-state index in [1.807, 2.05) is 37.3 Å². The third kappa shape index (κ3) is 5.57. The highest BCUT2D eigenvalue weighted by Crippen LogP contribution is 2.34. The fourth-order valence-corrected chi connectivity index (χ4v) is 4.94. The number of nitrogens with zero attached hydrogens (tertiary/aromatic N) is 3. The molecule has 0 spiro atoms. The molecule has 3 rings (SSSR count). The third-order valence-electron chi connectivity index (χ3n) is 4.78. The van der Waals surface area contributed by atoms with Crippen LogP contribution in [0, 0.1) is 6.92 Å². The summed E-state index contributed by atoms with van der Waals surface area (Å²) in [5, 5.41) is 11.8. The van der Waals surface area contributed by atoms with Crippen LogP contribution in [0.3, 0.4) is 0 Å². The number of carbonyl (C=O) groups is 3. The molecule has 12 heteroatoms. The van der Waals surface area contributed by atoms with E-state index in [0.717, 1.165) is 11.3 Å². The lowest BCUT2D eigenvalue weighted by Crippen LogP contribution is -2.16. The maximum absolute atomic E-state index is 12.6. The van der Waals surface area contributed by atoms with Crippen molar-refractivity contribution in [1.82, 2.24) is 14.8 Å². The summed E-state index contributed by atoms with van der Waals surface area (Å²) in [6, 6.07) is 9.38. The van der Waals surface area contributed by atoms with Crippen LogP contribution in [0.1, 0.15) is 44.4 Å². The highest BCUT2D eigenvalue weighted by Gasteiger charge is 2.27. The van der Waals surface area contributed by atoms with E-state index >= 15 is 0 Å². The molecule has 0 fully saturated rings. The van der Waals surface area contributed by atoms with Crippen molar-refractivity contribution in [2.75, 3.05) is 25.3 Å². The molecule has 180 valence electrons. The van der Waals surface area contributed by atoms with Crippen molar-refractivity contribution in [1.29, 1.82) is 0 Å². The van der Waals surface area contributed by atoms with Gasteiger partial charge in [-0.1, -0.05) is 30.0 Å². The van der Waals surface area contributed by atoms with E-state index in [1.165, 1.54) is 26.0 Å². The zero-order valence-corrected chi connectivity index (χ0v) is 20.9. The van der Waals surface area contributed by atoms with Crippen LogP contribution in [0.25, 0.3) is 0 Å². The average molecular weight is 505 g/mol. The van der Waals surface area contributed by atoms with Crippen LogP contribution in [-0.4, -0.2) is 52.6 Å². The minimum Gasteiger partial charge on any atom is -0.483 e. The topological polar surface area (TPSA) is 122 Å². The van der Waals surface area contributed by atoms with Gasteiger partial charge in [-0.15, -0.1) is 21.5 Å². The molecule has 1 N–H and O–H groups in total. The van der Waals surface area contributed by atoms with Gasteiger partial charge in [-0.05, 0) is 31.5 Å². The Kier molecular flexibility index (Phi) is 8.29. The Morgan fingerprint density at radius 1 is 1.12 bits per heavy atom. The van der Waals surface area contributed by atoms with E-state index < -0.39 is 11.9 Å². The molecule has 34 heavy (non-hydrogen) atoms. The second kappa shape index (κ2) is 11.2. The Balaban J connectivity index is 1.68. The number of benzene rings is 1. The van der Waals surface area contributed by atoms with Gasteiger partial charge in [-0.2, -0.15) is 0 Å². The number of hydrogen-bond donors (Lipinski definition) is 1. The Morgan fingerprint density at radius 2 is 1.79 bits per heavy atom. The highest BCUT2D eigenvalue weighted by atomic mass is 32.2. The summed E-state index contributed by atoms with van der Waals surface area (Å²) in [6.45, 7) is 3.46. The number of carbonyl (C=O) groups excluding carboxylic acids is 3. The predicted octanol–water partition coefficient (Wildman–Crippen LogP) is 3.63. The summed E-state index contributed by atoms with van der Waals surface area (Å²) < 4.78 is 17.2. The van der Waals surface area contributed by atoms with E-state index in [4.69, 9.17) is 14.2 Å².